The van der Waals surface area contributed by atoms with Gasteiger partial charge in [0.2, 0.25) is 0 Å². The standard InChI is InChI=1S/C22H22ClN3O3/c23-17-5-3-4-15(12-17)14-26-21(28)18-7-6-16(13-19(18)22(26)29)20(27)24-8-11-25-9-1-2-10-25/h3-7,12-13H,1-2,8-11,14H2,(H,24,27). The molecule has 0 radical (unpaired) electrons. The predicted molar refractivity (Wildman–Crippen MR) is 110 cm³/mol. The van der Waals surface area contributed by atoms with E-state index in [1.165, 1.54) is 23.8 Å². The molecule has 0 spiro atoms. The van der Waals surface area contributed by atoms with E-state index in [-0.39, 0.29) is 23.9 Å². The Morgan fingerprint density at radius 3 is 2.52 bits per heavy atom. The van der Waals surface area contributed by atoms with Crippen LogP contribution in [0.5, 0.6) is 0 Å². The topological polar surface area (TPSA) is 69.7 Å². The Kier molecular flexibility index (Phi) is 5.65. The summed E-state index contributed by atoms with van der Waals surface area (Å²) in [5.74, 6) is -0.983. The van der Waals surface area contributed by atoms with E-state index in [2.05, 4.69) is 10.2 Å². The fourth-order valence-corrected chi connectivity index (χ4v) is 4.04. The molecule has 1 saturated heterocycles. The third kappa shape index (κ3) is 4.18. The number of halogens is 1. The van der Waals surface area contributed by atoms with Gasteiger partial charge in [0.15, 0.2) is 0 Å². The van der Waals surface area contributed by atoms with Gasteiger partial charge in [-0.3, -0.25) is 19.3 Å². The first kappa shape index (κ1) is 19.6. The molecule has 6 nitrogen and oxygen atoms in total. The van der Waals surface area contributed by atoms with Gasteiger partial charge in [-0.1, -0.05) is 23.7 Å². The number of benzene rings is 2. The summed E-state index contributed by atoms with van der Waals surface area (Å²) in [6.45, 7) is 3.68. The maximum Gasteiger partial charge on any atom is 0.261 e. The van der Waals surface area contributed by atoms with Crippen molar-refractivity contribution in [1.29, 1.82) is 0 Å². The number of nitrogens with zero attached hydrogens (tertiary/aromatic N) is 2. The van der Waals surface area contributed by atoms with Gasteiger partial charge in [-0.05, 0) is 61.8 Å². The van der Waals surface area contributed by atoms with E-state index in [1.807, 2.05) is 6.07 Å². The molecule has 0 aromatic heterocycles. The van der Waals surface area contributed by atoms with Crippen molar-refractivity contribution in [1.82, 2.24) is 15.1 Å². The van der Waals surface area contributed by atoms with E-state index in [4.69, 9.17) is 11.6 Å². The Balaban J connectivity index is 1.44. The first-order valence-corrected chi connectivity index (χ1v) is 10.2. The zero-order valence-corrected chi connectivity index (χ0v) is 16.7. The zero-order valence-electron chi connectivity index (χ0n) is 16.0. The van der Waals surface area contributed by atoms with Crippen molar-refractivity contribution in [3.63, 3.8) is 0 Å². The van der Waals surface area contributed by atoms with E-state index in [0.717, 1.165) is 25.2 Å². The van der Waals surface area contributed by atoms with Crippen LogP contribution in [0, 0.1) is 0 Å². The number of hydrogen-bond acceptors (Lipinski definition) is 4. The molecule has 2 aliphatic rings. The molecule has 7 heteroatoms. The molecule has 0 bridgehead atoms. The summed E-state index contributed by atoms with van der Waals surface area (Å²) in [7, 11) is 0. The Bertz CT molecular complexity index is 970. The van der Waals surface area contributed by atoms with Crippen LogP contribution in [0.4, 0.5) is 0 Å². The van der Waals surface area contributed by atoms with E-state index in [0.29, 0.717) is 22.7 Å². The van der Waals surface area contributed by atoms with Gasteiger partial charge < -0.3 is 10.2 Å². The summed E-state index contributed by atoms with van der Waals surface area (Å²) in [6.07, 6.45) is 2.42. The highest BCUT2D eigenvalue weighted by Gasteiger charge is 2.36. The Hall–Kier alpha value is -2.70. The molecular formula is C22H22ClN3O3. The van der Waals surface area contributed by atoms with Gasteiger partial charge in [-0.2, -0.15) is 0 Å². The van der Waals surface area contributed by atoms with Crippen molar-refractivity contribution >= 4 is 29.3 Å². The SMILES string of the molecule is O=C(NCCN1CCCC1)c1ccc2c(c1)C(=O)N(Cc1cccc(Cl)c1)C2=O. The zero-order chi connectivity index (χ0) is 20.4. The molecule has 2 aromatic carbocycles. The lowest BCUT2D eigenvalue weighted by Gasteiger charge is -2.14. The van der Waals surface area contributed by atoms with E-state index in [9.17, 15) is 14.4 Å². The normalized spacial score (nSPS) is 16.4. The first-order chi connectivity index (χ1) is 14.0. The van der Waals surface area contributed by atoms with Crippen molar-refractivity contribution < 1.29 is 14.4 Å². The molecule has 0 atom stereocenters. The summed E-state index contributed by atoms with van der Waals surface area (Å²) in [5.41, 5.74) is 1.75. The number of hydrogen-bond donors (Lipinski definition) is 1. The fraction of sp³-hybridized carbons (Fsp3) is 0.318. The molecule has 0 aliphatic carbocycles. The summed E-state index contributed by atoms with van der Waals surface area (Å²) >= 11 is 6.00. The molecule has 29 heavy (non-hydrogen) atoms. The number of imide groups is 1. The van der Waals surface area contributed by atoms with Crippen LogP contribution in [0.25, 0.3) is 0 Å². The molecule has 2 aromatic rings. The van der Waals surface area contributed by atoms with Crippen LogP contribution in [0.15, 0.2) is 42.5 Å². The molecule has 2 heterocycles. The van der Waals surface area contributed by atoms with Crippen molar-refractivity contribution in [3.05, 3.63) is 69.7 Å². The molecule has 150 valence electrons. The summed E-state index contributed by atoms with van der Waals surface area (Å²) in [5, 5.41) is 3.44. The quantitative estimate of drug-likeness (QED) is 0.742. The van der Waals surface area contributed by atoms with E-state index in [1.54, 1.807) is 30.3 Å². The average Bonchev–Trinajstić information content (AvgIpc) is 3.31. The smallest absolute Gasteiger partial charge is 0.261 e. The number of amides is 3. The highest BCUT2D eigenvalue weighted by molar-refractivity contribution is 6.30. The minimum atomic E-state index is -0.392. The fourth-order valence-electron chi connectivity index (χ4n) is 3.83. The van der Waals surface area contributed by atoms with Crippen LogP contribution in [-0.4, -0.2) is 53.7 Å². The molecule has 1 fully saturated rings. The van der Waals surface area contributed by atoms with Crippen LogP contribution in [0.3, 0.4) is 0 Å². The molecule has 2 aliphatic heterocycles. The van der Waals surface area contributed by atoms with Crippen molar-refractivity contribution in [2.24, 2.45) is 0 Å². The lowest BCUT2D eigenvalue weighted by atomic mass is 10.1. The van der Waals surface area contributed by atoms with Crippen molar-refractivity contribution in [2.75, 3.05) is 26.2 Å². The number of likely N-dealkylation sites (tertiary alicyclic amines) is 1. The number of fused-ring (bicyclic) bond motifs is 1. The molecule has 3 amide bonds. The molecular weight excluding hydrogens is 390 g/mol. The van der Waals surface area contributed by atoms with Gasteiger partial charge in [-0.25, -0.2) is 0 Å². The molecule has 0 unspecified atom stereocenters. The van der Waals surface area contributed by atoms with Crippen molar-refractivity contribution in [2.45, 2.75) is 19.4 Å². The van der Waals surface area contributed by atoms with E-state index >= 15 is 0 Å². The van der Waals surface area contributed by atoms with Gasteiger partial charge in [0.05, 0.1) is 17.7 Å². The second-order valence-electron chi connectivity index (χ2n) is 7.39. The largest absolute Gasteiger partial charge is 0.351 e. The van der Waals surface area contributed by atoms with Gasteiger partial charge >= 0.3 is 0 Å². The van der Waals surface area contributed by atoms with Crippen LogP contribution in [0.2, 0.25) is 5.02 Å². The van der Waals surface area contributed by atoms with Crippen molar-refractivity contribution in [3.8, 4) is 0 Å². The minimum absolute atomic E-state index is 0.143. The summed E-state index contributed by atoms with van der Waals surface area (Å²) < 4.78 is 0. The summed E-state index contributed by atoms with van der Waals surface area (Å²) in [4.78, 5) is 41.4. The second-order valence-corrected chi connectivity index (χ2v) is 7.83. The Labute approximate surface area is 174 Å². The number of rotatable bonds is 6. The third-order valence-corrected chi connectivity index (χ3v) is 5.61. The van der Waals surface area contributed by atoms with Gasteiger partial charge in [0.25, 0.3) is 17.7 Å². The number of nitrogens with one attached hydrogen (secondary N) is 1. The maximum atomic E-state index is 12.8. The van der Waals surface area contributed by atoms with Crippen LogP contribution < -0.4 is 5.32 Å². The van der Waals surface area contributed by atoms with Gasteiger partial charge in [-0.15, -0.1) is 0 Å². The number of carbonyl (C=O) groups is 3. The highest BCUT2D eigenvalue weighted by Crippen LogP contribution is 2.26. The Morgan fingerprint density at radius 2 is 1.76 bits per heavy atom. The molecule has 1 N–H and O–H groups in total. The van der Waals surface area contributed by atoms with Gasteiger partial charge in [0, 0.05) is 23.7 Å². The van der Waals surface area contributed by atoms with Gasteiger partial charge in [0.1, 0.15) is 0 Å². The highest BCUT2D eigenvalue weighted by atomic mass is 35.5. The number of carbonyl (C=O) groups excluding carboxylic acids is 3. The first-order valence-electron chi connectivity index (χ1n) is 9.78. The third-order valence-electron chi connectivity index (χ3n) is 5.37. The average molecular weight is 412 g/mol. The monoisotopic (exact) mass is 411 g/mol. The second kappa shape index (κ2) is 8.35. The molecule has 0 saturated carbocycles. The van der Waals surface area contributed by atoms with Crippen LogP contribution in [0.1, 0.15) is 49.5 Å². The predicted octanol–water partition coefficient (Wildman–Crippen LogP) is 2.96. The molecule has 4 rings (SSSR count). The Morgan fingerprint density at radius 1 is 1.00 bits per heavy atom. The maximum absolute atomic E-state index is 12.8. The van der Waals surface area contributed by atoms with Crippen LogP contribution >= 0.6 is 11.6 Å². The minimum Gasteiger partial charge on any atom is -0.351 e. The lowest BCUT2D eigenvalue weighted by molar-refractivity contribution is 0.0642. The van der Waals surface area contributed by atoms with E-state index < -0.39 is 5.91 Å². The summed E-state index contributed by atoms with van der Waals surface area (Å²) in [6, 6.07) is 11.7. The lowest BCUT2D eigenvalue weighted by Crippen LogP contribution is -2.33. The van der Waals surface area contributed by atoms with Crippen LogP contribution in [-0.2, 0) is 6.54 Å².